The largest absolute Gasteiger partial charge is 0.369 e. The summed E-state index contributed by atoms with van der Waals surface area (Å²) in [6, 6.07) is 14.1. The summed E-state index contributed by atoms with van der Waals surface area (Å²) in [5, 5.41) is 0. The van der Waals surface area contributed by atoms with Gasteiger partial charge in [-0.3, -0.25) is 9.78 Å². The van der Waals surface area contributed by atoms with Gasteiger partial charge in [0.05, 0.1) is 17.3 Å². The van der Waals surface area contributed by atoms with Crippen LogP contribution < -0.4 is 5.73 Å². The van der Waals surface area contributed by atoms with Crippen LogP contribution in [0.1, 0.15) is 30.0 Å². The Hall–Kier alpha value is -2.16. The molecular weight excluding hydrogens is 236 g/mol. The molecular formula is C16H16N2O. The molecule has 3 heteroatoms. The summed E-state index contributed by atoms with van der Waals surface area (Å²) < 4.78 is 0. The number of benzene rings is 1. The van der Waals surface area contributed by atoms with Gasteiger partial charge in [0.15, 0.2) is 0 Å². The van der Waals surface area contributed by atoms with E-state index >= 15 is 0 Å². The SMILES string of the molecule is NC(=O)[C@H]1CCCc2ccc(-c3ccccc3)nc21. The van der Waals surface area contributed by atoms with E-state index in [0.29, 0.717) is 0 Å². The number of nitrogens with zero attached hydrogens (tertiary/aromatic N) is 1. The number of aromatic nitrogens is 1. The van der Waals surface area contributed by atoms with Gasteiger partial charge in [-0.25, -0.2) is 0 Å². The molecule has 1 aliphatic rings. The topological polar surface area (TPSA) is 56.0 Å². The average molecular weight is 252 g/mol. The van der Waals surface area contributed by atoms with Crippen LogP contribution in [0.3, 0.4) is 0 Å². The smallest absolute Gasteiger partial charge is 0.226 e. The molecule has 19 heavy (non-hydrogen) atoms. The number of pyridine rings is 1. The van der Waals surface area contributed by atoms with Gasteiger partial charge in [0, 0.05) is 5.56 Å². The van der Waals surface area contributed by atoms with Crippen LogP contribution in [0, 0.1) is 0 Å². The van der Waals surface area contributed by atoms with Crippen molar-refractivity contribution in [1.29, 1.82) is 0 Å². The molecule has 0 unspecified atom stereocenters. The van der Waals surface area contributed by atoms with E-state index in [4.69, 9.17) is 5.73 Å². The molecule has 3 nitrogen and oxygen atoms in total. The standard InChI is InChI=1S/C16H16N2O/c17-16(19)13-8-4-7-12-9-10-14(18-15(12)13)11-5-2-1-3-6-11/h1-3,5-6,9-10,13H,4,7-8H2,(H2,17,19)/t13-/m0/s1. The van der Waals surface area contributed by atoms with Crippen molar-refractivity contribution in [2.75, 3.05) is 0 Å². The van der Waals surface area contributed by atoms with Gasteiger partial charge >= 0.3 is 0 Å². The number of carbonyl (C=O) groups excluding carboxylic acids is 1. The molecule has 1 atom stereocenters. The normalized spacial score (nSPS) is 17.8. The summed E-state index contributed by atoms with van der Waals surface area (Å²) in [4.78, 5) is 16.2. The van der Waals surface area contributed by atoms with Crippen LogP contribution in [0.2, 0.25) is 0 Å². The predicted molar refractivity (Wildman–Crippen MR) is 74.5 cm³/mol. The summed E-state index contributed by atoms with van der Waals surface area (Å²) in [7, 11) is 0. The second kappa shape index (κ2) is 4.84. The Morgan fingerprint density at radius 2 is 1.95 bits per heavy atom. The number of aryl methyl sites for hydroxylation is 1. The Bertz CT molecular complexity index is 607. The lowest BCUT2D eigenvalue weighted by Gasteiger charge is -2.22. The molecule has 3 rings (SSSR count). The van der Waals surface area contributed by atoms with Crippen LogP contribution in [0.5, 0.6) is 0 Å². The number of rotatable bonds is 2. The van der Waals surface area contributed by atoms with Crippen molar-refractivity contribution < 1.29 is 4.79 Å². The number of amides is 1. The number of primary amides is 1. The molecule has 0 bridgehead atoms. The maximum atomic E-state index is 11.5. The lowest BCUT2D eigenvalue weighted by Crippen LogP contribution is -2.26. The van der Waals surface area contributed by atoms with Crippen molar-refractivity contribution in [1.82, 2.24) is 4.98 Å². The molecule has 1 aliphatic carbocycles. The van der Waals surface area contributed by atoms with Crippen molar-refractivity contribution in [2.45, 2.75) is 25.2 Å². The lowest BCUT2D eigenvalue weighted by molar-refractivity contribution is -0.119. The number of hydrogen-bond acceptors (Lipinski definition) is 2. The first-order chi connectivity index (χ1) is 9.25. The number of hydrogen-bond donors (Lipinski definition) is 1. The maximum Gasteiger partial charge on any atom is 0.226 e. The van der Waals surface area contributed by atoms with Gasteiger partial charge in [0.2, 0.25) is 5.91 Å². The van der Waals surface area contributed by atoms with Gasteiger partial charge in [-0.2, -0.15) is 0 Å². The lowest BCUT2D eigenvalue weighted by atomic mass is 9.86. The summed E-state index contributed by atoms with van der Waals surface area (Å²) in [5.41, 5.74) is 9.51. The number of nitrogens with two attached hydrogens (primary N) is 1. The molecule has 0 radical (unpaired) electrons. The van der Waals surface area contributed by atoms with E-state index in [2.05, 4.69) is 11.1 Å². The third-order valence-corrected chi connectivity index (χ3v) is 3.69. The average Bonchev–Trinajstić information content (AvgIpc) is 2.47. The fraction of sp³-hybridized carbons (Fsp3) is 0.250. The highest BCUT2D eigenvalue weighted by atomic mass is 16.1. The molecule has 1 amide bonds. The second-order valence-corrected chi connectivity index (χ2v) is 4.95. The zero-order chi connectivity index (χ0) is 13.2. The van der Waals surface area contributed by atoms with Crippen molar-refractivity contribution in [3.8, 4) is 11.3 Å². The Morgan fingerprint density at radius 1 is 1.16 bits per heavy atom. The van der Waals surface area contributed by atoms with E-state index < -0.39 is 0 Å². The molecule has 0 saturated heterocycles. The van der Waals surface area contributed by atoms with Crippen LogP contribution in [-0.2, 0) is 11.2 Å². The van der Waals surface area contributed by atoms with Crippen molar-refractivity contribution in [3.63, 3.8) is 0 Å². The van der Waals surface area contributed by atoms with Crippen LogP contribution in [-0.4, -0.2) is 10.9 Å². The minimum Gasteiger partial charge on any atom is -0.369 e. The number of fused-ring (bicyclic) bond motifs is 1. The highest BCUT2D eigenvalue weighted by Gasteiger charge is 2.26. The first-order valence-corrected chi connectivity index (χ1v) is 6.60. The van der Waals surface area contributed by atoms with E-state index in [0.717, 1.165) is 41.8 Å². The van der Waals surface area contributed by atoms with E-state index in [1.54, 1.807) is 0 Å². The predicted octanol–water partition coefficient (Wildman–Crippen LogP) is 2.65. The first kappa shape index (κ1) is 11.9. The third kappa shape index (κ3) is 2.24. The van der Waals surface area contributed by atoms with Crippen LogP contribution in [0.15, 0.2) is 42.5 Å². The first-order valence-electron chi connectivity index (χ1n) is 6.60. The van der Waals surface area contributed by atoms with Gasteiger partial charge in [-0.15, -0.1) is 0 Å². The highest BCUT2D eigenvalue weighted by molar-refractivity contribution is 5.82. The molecule has 0 saturated carbocycles. The van der Waals surface area contributed by atoms with Gasteiger partial charge in [0.25, 0.3) is 0 Å². The van der Waals surface area contributed by atoms with Gasteiger partial charge < -0.3 is 5.73 Å². The Labute approximate surface area is 112 Å². The van der Waals surface area contributed by atoms with Gasteiger partial charge in [-0.1, -0.05) is 36.4 Å². The van der Waals surface area contributed by atoms with E-state index in [1.807, 2.05) is 36.4 Å². The fourth-order valence-corrected chi connectivity index (χ4v) is 2.70. The monoisotopic (exact) mass is 252 g/mol. The highest BCUT2D eigenvalue weighted by Crippen LogP contribution is 2.31. The minimum absolute atomic E-state index is 0.229. The molecule has 0 fully saturated rings. The van der Waals surface area contributed by atoms with Crippen LogP contribution in [0.25, 0.3) is 11.3 Å². The van der Waals surface area contributed by atoms with Crippen LogP contribution in [0.4, 0.5) is 0 Å². The fourth-order valence-electron chi connectivity index (χ4n) is 2.70. The van der Waals surface area contributed by atoms with E-state index in [1.165, 1.54) is 0 Å². The molecule has 96 valence electrons. The zero-order valence-electron chi connectivity index (χ0n) is 10.7. The maximum absolute atomic E-state index is 11.5. The Kier molecular flexibility index (Phi) is 3.03. The molecule has 1 aromatic heterocycles. The van der Waals surface area contributed by atoms with E-state index in [-0.39, 0.29) is 11.8 Å². The molecule has 2 aromatic rings. The van der Waals surface area contributed by atoms with Gasteiger partial charge in [0.1, 0.15) is 0 Å². The third-order valence-electron chi connectivity index (χ3n) is 3.69. The molecule has 2 N–H and O–H groups in total. The summed E-state index contributed by atoms with van der Waals surface area (Å²) in [6.45, 7) is 0. The minimum atomic E-state index is -0.265. The molecule has 0 spiro atoms. The number of carbonyl (C=O) groups is 1. The molecule has 1 heterocycles. The second-order valence-electron chi connectivity index (χ2n) is 4.95. The van der Waals surface area contributed by atoms with Crippen molar-refractivity contribution in [3.05, 3.63) is 53.7 Å². The molecule has 0 aliphatic heterocycles. The summed E-state index contributed by atoms with van der Waals surface area (Å²) in [5.74, 6) is -0.494. The zero-order valence-corrected chi connectivity index (χ0v) is 10.7. The summed E-state index contributed by atoms with van der Waals surface area (Å²) in [6.07, 6.45) is 2.81. The Morgan fingerprint density at radius 3 is 2.68 bits per heavy atom. The quantitative estimate of drug-likeness (QED) is 0.893. The van der Waals surface area contributed by atoms with Crippen molar-refractivity contribution in [2.24, 2.45) is 5.73 Å². The van der Waals surface area contributed by atoms with E-state index in [9.17, 15) is 4.79 Å². The molecule has 1 aromatic carbocycles. The summed E-state index contributed by atoms with van der Waals surface area (Å²) >= 11 is 0. The Balaban J connectivity index is 2.07. The van der Waals surface area contributed by atoms with Crippen molar-refractivity contribution >= 4 is 5.91 Å². The van der Waals surface area contributed by atoms with Crippen LogP contribution >= 0.6 is 0 Å². The van der Waals surface area contributed by atoms with Gasteiger partial charge in [-0.05, 0) is 30.9 Å².